The molecule has 1 aromatic heterocycles. The maximum atomic E-state index is 13.8. The summed E-state index contributed by atoms with van der Waals surface area (Å²) in [5.74, 6) is -0.381. The van der Waals surface area contributed by atoms with E-state index in [0.29, 0.717) is 27.4 Å². The van der Waals surface area contributed by atoms with Crippen LogP contribution in [0, 0.1) is 5.82 Å². The Hall–Kier alpha value is -3.10. The number of carbonyl (C=O) groups is 1. The quantitative estimate of drug-likeness (QED) is 0.693. The number of ether oxygens (including phenoxy) is 1. The zero-order valence-electron chi connectivity index (χ0n) is 12.9. The molecule has 25 heavy (non-hydrogen) atoms. The van der Waals surface area contributed by atoms with Gasteiger partial charge in [0.2, 0.25) is 5.88 Å². The van der Waals surface area contributed by atoms with E-state index in [0.717, 1.165) is 0 Å². The van der Waals surface area contributed by atoms with Gasteiger partial charge in [-0.15, -0.1) is 0 Å². The highest BCUT2D eigenvalue weighted by Crippen LogP contribution is 2.33. The SMILES string of the molecule is NC1Cc2cc(Oc3ncnc4c(F)cccc34)ccc2N(O)C1=O. The van der Waals surface area contributed by atoms with Gasteiger partial charge in [-0.1, -0.05) is 6.07 Å². The second-order valence-electron chi connectivity index (χ2n) is 5.67. The molecule has 1 aliphatic rings. The lowest BCUT2D eigenvalue weighted by Crippen LogP contribution is -2.47. The van der Waals surface area contributed by atoms with Gasteiger partial charge in [0.15, 0.2) is 0 Å². The number of benzene rings is 2. The molecule has 3 aromatic rings. The molecule has 0 bridgehead atoms. The summed E-state index contributed by atoms with van der Waals surface area (Å²) < 4.78 is 19.6. The Bertz CT molecular complexity index is 995. The van der Waals surface area contributed by atoms with Crippen molar-refractivity contribution < 1.29 is 19.1 Å². The minimum absolute atomic E-state index is 0.166. The first-order chi connectivity index (χ1) is 12.0. The topological polar surface area (TPSA) is 102 Å². The molecule has 0 radical (unpaired) electrons. The monoisotopic (exact) mass is 340 g/mol. The minimum Gasteiger partial charge on any atom is -0.438 e. The lowest BCUT2D eigenvalue weighted by molar-refractivity contribution is -0.125. The Balaban J connectivity index is 1.72. The van der Waals surface area contributed by atoms with E-state index in [1.54, 1.807) is 30.3 Å². The van der Waals surface area contributed by atoms with Crippen LogP contribution in [0.25, 0.3) is 10.9 Å². The van der Waals surface area contributed by atoms with E-state index in [-0.39, 0.29) is 17.8 Å². The highest BCUT2D eigenvalue weighted by atomic mass is 19.1. The zero-order chi connectivity index (χ0) is 17.6. The standard InChI is InChI=1S/C17H13FN4O3/c18-12-3-1-2-11-15(12)20-8-21-16(11)25-10-4-5-14-9(6-10)7-13(19)17(23)22(14)24/h1-6,8,13,24H,7,19H2. The summed E-state index contributed by atoms with van der Waals surface area (Å²) in [6, 6.07) is 8.51. The number of carbonyl (C=O) groups excluding carboxylic acids is 1. The van der Waals surface area contributed by atoms with Gasteiger partial charge < -0.3 is 10.5 Å². The van der Waals surface area contributed by atoms with Crippen LogP contribution in [-0.2, 0) is 11.2 Å². The van der Waals surface area contributed by atoms with E-state index in [9.17, 15) is 14.4 Å². The highest BCUT2D eigenvalue weighted by Gasteiger charge is 2.30. The maximum absolute atomic E-state index is 13.8. The van der Waals surface area contributed by atoms with E-state index in [1.165, 1.54) is 12.4 Å². The predicted octanol–water partition coefficient (Wildman–Crippen LogP) is 2.17. The van der Waals surface area contributed by atoms with Crippen LogP contribution in [0.1, 0.15) is 5.56 Å². The van der Waals surface area contributed by atoms with Crippen molar-refractivity contribution >= 4 is 22.5 Å². The molecule has 2 aromatic carbocycles. The van der Waals surface area contributed by atoms with Crippen LogP contribution >= 0.6 is 0 Å². The summed E-state index contributed by atoms with van der Waals surface area (Å²) >= 11 is 0. The second-order valence-corrected chi connectivity index (χ2v) is 5.67. The number of hydrogen-bond acceptors (Lipinski definition) is 6. The van der Waals surface area contributed by atoms with E-state index < -0.39 is 17.8 Å². The summed E-state index contributed by atoms with van der Waals surface area (Å²) in [6.45, 7) is 0. The van der Waals surface area contributed by atoms with E-state index in [2.05, 4.69) is 9.97 Å². The normalized spacial score (nSPS) is 16.8. The van der Waals surface area contributed by atoms with Crippen LogP contribution < -0.4 is 15.5 Å². The number of nitrogens with zero attached hydrogens (tertiary/aromatic N) is 3. The number of hydrogen-bond donors (Lipinski definition) is 2. The Morgan fingerprint density at radius 2 is 2.12 bits per heavy atom. The Morgan fingerprint density at radius 3 is 2.96 bits per heavy atom. The number of anilines is 1. The largest absolute Gasteiger partial charge is 0.438 e. The Kier molecular flexibility index (Phi) is 3.56. The molecule has 0 spiro atoms. The van der Waals surface area contributed by atoms with Gasteiger partial charge in [-0.05, 0) is 42.3 Å². The molecule has 126 valence electrons. The smallest absolute Gasteiger partial charge is 0.267 e. The van der Waals surface area contributed by atoms with Gasteiger partial charge in [0.1, 0.15) is 23.4 Å². The predicted molar refractivity (Wildman–Crippen MR) is 87.0 cm³/mol. The Labute approximate surface area is 141 Å². The molecule has 2 heterocycles. The zero-order valence-corrected chi connectivity index (χ0v) is 12.9. The van der Waals surface area contributed by atoms with Crippen molar-refractivity contribution in [1.29, 1.82) is 0 Å². The van der Waals surface area contributed by atoms with Crippen molar-refractivity contribution in [2.45, 2.75) is 12.5 Å². The van der Waals surface area contributed by atoms with Crippen LogP contribution in [0.3, 0.4) is 0 Å². The molecule has 1 unspecified atom stereocenters. The number of halogens is 1. The number of para-hydroxylation sites is 1. The summed E-state index contributed by atoms with van der Waals surface area (Å²) in [7, 11) is 0. The van der Waals surface area contributed by atoms with Crippen LogP contribution in [0.4, 0.5) is 10.1 Å². The third-order valence-electron chi connectivity index (χ3n) is 4.04. The van der Waals surface area contributed by atoms with Crippen LogP contribution in [0.2, 0.25) is 0 Å². The van der Waals surface area contributed by atoms with Crippen molar-refractivity contribution in [3.8, 4) is 11.6 Å². The van der Waals surface area contributed by atoms with Gasteiger partial charge in [0, 0.05) is 0 Å². The van der Waals surface area contributed by atoms with Crippen molar-refractivity contribution in [1.82, 2.24) is 9.97 Å². The van der Waals surface area contributed by atoms with Crippen LogP contribution in [0.5, 0.6) is 11.6 Å². The number of hydroxylamine groups is 1. The average Bonchev–Trinajstić information content (AvgIpc) is 2.61. The molecule has 8 heteroatoms. The van der Waals surface area contributed by atoms with Crippen LogP contribution in [0.15, 0.2) is 42.7 Å². The summed E-state index contributed by atoms with van der Waals surface area (Å²) in [4.78, 5) is 19.7. The highest BCUT2D eigenvalue weighted by molar-refractivity contribution is 5.98. The lowest BCUT2D eigenvalue weighted by Gasteiger charge is -2.27. The van der Waals surface area contributed by atoms with Crippen molar-refractivity contribution in [3.63, 3.8) is 0 Å². The van der Waals surface area contributed by atoms with Crippen LogP contribution in [-0.4, -0.2) is 27.1 Å². The fourth-order valence-electron chi connectivity index (χ4n) is 2.82. The number of rotatable bonds is 2. The van der Waals surface area contributed by atoms with E-state index >= 15 is 0 Å². The molecule has 0 saturated heterocycles. The first-order valence-corrected chi connectivity index (χ1v) is 7.53. The molecule has 1 amide bonds. The van der Waals surface area contributed by atoms with Crippen molar-refractivity contribution in [3.05, 3.63) is 54.1 Å². The number of amides is 1. The van der Waals surface area contributed by atoms with Gasteiger partial charge >= 0.3 is 0 Å². The molecule has 4 rings (SSSR count). The molecule has 7 nitrogen and oxygen atoms in total. The fraction of sp³-hybridized carbons (Fsp3) is 0.118. The fourth-order valence-corrected chi connectivity index (χ4v) is 2.82. The first-order valence-electron chi connectivity index (χ1n) is 7.53. The number of aromatic nitrogens is 2. The first kappa shape index (κ1) is 15.4. The third-order valence-corrected chi connectivity index (χ3v) is 4.04. The van der Waals surface area contributed by atoms with Gasteiger partial charge in [-0.3, -0.25) is 10.0 Å². The molecule has 1 atom stereocenters. The summed E-state index contributed by atoms with van der Waals surface area (Å²) in [5.41, 5.74) is 6.91. The molecule has 3 N–H and O–H groups in total. The molecular formula is C17H13FN4O3. The van der Waals surface area contributed by atoms with Gasteiger partial charge in [-0.2, -0.15) is 5.06 Å². The minimum atomic E-state index is -0.818. The van der Waals surface area contributed by atoms with Crippen molar-refractivity contribution in [2.24, 2.45) is 5.73 Å². The maximum Gasteiger partial charge on any atom is 0.267 e. The van der Waals surface area contributed by atoms with E-state index in [1.807, 2.05) is 0 Å². The molecule has 0 fully saturated rings. The van der Waals surface area contributed by atoms with E-state index in [4.69, 9.17) is 10.5 Å². The third kappa shape index (κ3) is 2.57. The second kappa shape index (κ2) is 5.76. The van der Waals surface area contributed by atoms with Crippen molar-refractivity contribution in [2.75, 3.05) is 5.06 Å². The molecule has 0 saturated carbocycles. The van der Waals surface area contributed by atoms with Gasteiger partial charge in [0.05, 0.1) is 17.1 Å². The molecular weight excluding hydrogens is 327 g/mol. The summed E-state index contributed by atoms with van der Waals surface area (Å²) in [5, 5.41) is 10.8. The number of nitrogens with two attached hydrogens (primary N) is 1. The number of fused-ring (bicyclic) bond motifs is 2. The lowest BCUT2D eigenvalue weighted by atomic mass is 9.99. The van der Waals surface area contributed by atoms with Gasteiger partial charge in [-0.25, -0.2) is 14.4 Å². The molecule has 0 aliphatic carbocycles. The Morgan fingerprint density at radius 1 is 1.28 bits per heavy atom. The average molecular weight is 340 g/mol. The van der Waals surface area contributed by atoms with Gasteiger partial charge in [0.25, 0.3) is 5.91 Å². The summed E-state index contributed by atoms with van der Waals surface area (Å²) in [6.07, 6.45) is 1.50. The molecule has 1 aliphatic heterocycles.